The maximum atomic E-state index is 10.8. The molecule has 2 N–H and O–H groups in total. The predicted molar refractivity (Wildman–Crippen MR) is 128 cm³/mol. The van der Waals surface area contributed by atoms with E-state index in [1.165, 1.54) is 19.3 Å². The lowest BCUT2D eigenvalue weighted by atomic mass is 9.42. The molecule has 168 valence electrons. The minimum atomic E-state index is -0.247. The van der Waals surface area contributed by atoms with Crippen LogP contribution in [0.2, 0.25) is 5.02 Å². The number of thioether (sulfide) groups is 1. The lowest BCUT2D eigenvalue weighted by Gasteiger charge is -2.65. The molecular formula is C26H34ClNO2S. The number of aliphatic hydroxyl groups excluding tert-OH is 2. The summed E-state index contributed by atoms with van der Waals surface area (Å²) in [5.74, 6) is 1.94. The maximum absolute atomic E-state index is 10.8. The fraction of sp³-hybridized carbons (Fsp3) is 0.731. The summed E-state index contributed by atoms with van der Waals surface area (Å²) in [6, 6.07) is 8.10. The molecule has 4 aliphatic carbocycles. The molecule has 5 aliphatic rings. The van der Waals surface area contributed by atoms with E-state index in [0.717, 1.165) is 47.7 Å². The van der Waals surface area contributed by atoms with Crippen molar-refractivity contribution in [2.75, 3.05) is 0 Å². The summed E-state index contributed by atoms with van der Waals surface area (Å²) in [4.78, 5) is 5.52. The van der Waals surface area contributed by atoms with Crippen LogP contribution >= 0.6 is 23.4 Å². The molecule has 0 radical (unpaired) electrons. The zero-order valence-electron chi connectivity index (χ0n) is 18.6. The van der Waals surface area contributed by atoms with Crippen LogP contribution in [0.5, 0.6) is 0 Å². The molecule has 0 bridgehead atoms. The number of nitrogens with zero attached hydrogens (tertiary/aromatic N) is 1. The lowest BCUT2D eigenvalue weighted by Crippen LogP contribution is -2.66. The second kappa shape index (κ2) is 6.98. The first kappa shape index (κ1) is 21.0. The monoisotopic (exact) mass is 459 g/mol. The van der Waals surface area contributed by atoms with Crippen LogP contribution in [0.15, 0.2) is 29.3 Å². The molecule has 0 saturated heterocycles. The highest BCUT2D eigenvalue weighted by atomic mass is 35.5. The van der Waals surface area contributed by atoms with Crippen LogP contribution in [-0.4, -0.2) is 38.3 Å². The zero-order chi connectivity index (χ0) is 21.6. The number of rotatable bonds is 1. The van der Waals surface area contributed by atoms with Crippen LogP contribution in [0, 0.1) is 28.6 Å². The Morgan fingerprint density at radius 2 is 1.77 bits per heavy atom. The highest BCUT2D eigenvalue weighted by Gasteiger charge is 2.69. The van der Waals surface area contributed by atoms with Gasteiger partial charge in [0.25, 0.3) is 0 Å². The first-order valence-electron chi connectivity index (χ1n) is 12.2. The Bertz CT molecular complexity index is 920. The third-order valence-corrected chi connectivity index (χ3v) is 12.1. The Morgan fingerprint density at radius 1 is 1.00 bits per heavy atom. The quantitative estimate of drug-likeness (QED) is 0.566. The maximum Gasteiger partial charge on any atom is 0.0988 e. The van der Waals surface area contributed by atoms with Crippen LogP contribution in [-0.2, 0) is 0 Å². The molecule has 0 aromatic heterocycles. The highest BCUT2D eigenvalue weighted by molar-refractivity contribution is 8.15. The van der Waals surface area contributed by atoms with Gasteiger partial charge in [-0.2, -0.15) is 0 Å². The molecule has 4 saturated carbocycles. The molecule has 31 heavy (non-hydrogen) atoms. The summed E-state index contributed by atoms with van der Waals surface area (Å²) in [5.41, 5.74) is 1.20. The van der Waals surface area contributed by atoms with Crippen molar-refractivity contribution < 1.29 is 10.2 Å². The van der Waals surface area contributed by atoms with E-state index in [2.05, 4.69) is 26.0 Å². The standard InChI is InChI=1S/C26H34ClNO2S/c1-24-11-10-20-18(19(24)7-8-21(24)30)13-22-26(14-17(29)9-12-25(20,26)2)28-23(31-22)15-3-5-16(27)6-4-15/h3-6,17-22,29-30H,7-14H2,1-2H3/t17-,18+,19+,20+,21+,22?,24+,25-,26?/m1/s1. The average Bonchev–Trinajstić information content (AvgIpc) is 3.25. The molecule has 1 spiro atoms. The van der Waals surface area contributed by atoms with E-state index < -0.39 is 0 Å². The molecule has 5 heteroatoms. The molecule has 0 amide bonds. The molecule has 3 nitrogen and oxygen atoms in total. The number of benzene rings is 1. The van der Waals surface area contributed by atoms with Gasteiger partial charge in [-0.15, -0.1) is 11.8 Å². The SMILES string of the molecule is C[C@]12CC[C@H]3[C@@H](CC4SC(c5ccc(Cl)cc5)=NC45C[C@H](O)CC[C@]35C)[C@@H]1CC[C@@H]2O. The van der Waals surface area contributed by atoms with Crippen LogP contribution in [0.1, 0.15) is 70.8 Å². The van der Waals surface area contributed by atoms with Gasteiger partial charge in [0.1, 0.15) is 0 Å². The first-order valence-corrected chi connectivity index (χ1v) is 13.4. The molecule has 4 fully saturated rings. The Balaban J connectivity index is 1.43. The smallest absolute Gasteiger partial charge is 0.0988 e. The van der Waals surface area contributed by atoms with Gasteiger partial charge in [0.15, 0.2) is 0 Å². The van der Waals surface area contributed by atoms with E-state index in [1.807, 2.05) is 23.9 Å². The van der Waals surface area contributed by atoms with Crippen molar-refractivity contribution in [2.24, 2.45) is 33.6 Å². The fourth-order valence-corrected chi connectivity index (χ4v) is 10.5. The Morgan fingerprint density at radius 3 is 2.55 bits per heavy atom. The molecule has 6 rings (SSSR count). The summed E-state index contributed by atoms with van der Waals surface area (Å²) in [6.07, 6.45) is 8.03. The van der Waals surface area contributed by atoms with Crippen LogP contribution in [0.3, 0.4) is 0 Å². The van der Waals surface area contributed by atoms with E-state index >= 15 is 0 Å². The number of fused-ring (bicyclic) bond motifs is 4. The van der Waals surface area contributed by atoms with Crippen LogP contribution in [0.25, 0.3) is 0 Å². The van der Waals surface area contributed by atoms with Gasteiger partial charge in [-0.3, -0.25) is 4.99 Å². The van der Waals surface area contributed by atoms with Gasteiger partial charge >= 0.3 is 0 Å². The van der Waals surface area contributed by atoms with E-state index in [1.54, 1.807) is 0 Å². The largest absolute Gasteiger partial charge is 0.393 e. The summed E-state index contributed by atoms with van der Waals surface area (Å²) < 4.78 is 0. The fourth-order valence-electron chi connectivity index (χ4n) is 8.66. The minimum Gasteiger partial charge on any atom is -0.393 e. The van der Waals surface area contributed by atoms with E-state index in [9.17, 15) is 10.2 Å². The van der Waals surface area contributed by atoms with Crippen molar-refractivity contribution in [1.29, 1.82) is 0 Å². The molecular weight excluding hydrogens is 426 g/mol. The topological polar surface area (TPSA) is 52.8 Å². The molecule has 1 heterocycles. The first-order chi connectivity index (χ1) is 14.8. The summed E-state index contributed by atoms with van der Waals surface area (Å²) >= 11 is 8.10. The number of aliphatic hydroxyl groups is 2. The third-order valence-electron chi connectivity index (χ3n) is 10.4. The van der Waals surface area contributed by atoms with Crippen molar-refractivity contribution in [3.63, 3.8) is 0 Å². The Hall–Kier alpha value is -0.550. The third kappa shape index (κ3) is 2.77. The van der Waals surface area contributed by atoms with Gasteiger partial charge in [0.05, 0.1) is 22.8 Å². The Kier molecular flexibility index (Phi) is 4.73. The van der Waals surface area contributed by atoms with Gasteiger partial charge in [0, 0.05) is 22.3 Å². The van der Waals surface area contributed by atoms with E-state index in [4.69, 9.17) is 16.6 Å². The van der Waals surface area contributed by atoms with E-state index in [-0.39, 0.29) is 28.6 Å². The predicted octanol–water partition coefficient (Wildman–Crippen LogP) is 5.70. The molecule has 1 aromatic carbocycles. The van der Waals surface area contributed by atoms with Gasteiger partial charge in [-0.25, -0.2) is 0 Å². The van der Waals surface area contributed by atoms with Gasteiger partial charge < -0.3 is 10.2 Å². The average molecular weight is 460 g/mol. The van der Waals surface area contributed by atoms with Gasteiger partial charge in [0.2, 0.25) is 0 Å². The minimum absolute atomic E-state index is 0.0921. The molecule has 9 atom stereocenters. The zero-order valence-corrected chi connectivity index (χ0v) is 20.1. The van der Waals surface area contributed by atoms with Crippen LogP contribution in [0.4, 0.5) is 0 Å². The van der Waals surface area contributed by atoms with Crippen LogP contribution < -0.4 is 0 Å². The number of halogens is 1. The number of hydrogen-bond acceptors (Lipinski definition) is 4. The second-order valence-corrected chi connectivity index (χ2v) is 13.1. The highest BCUT2D eigenvalue weighted by Crippen LogP contribution is 2.71. The lowest BCUT2D eigenvalue weighted by molar-refractivity contribution is -0.139. The molecule has 2 unspecified atom stereocenters. The number of aliphatic imine (C=N–C) groups is 1. The van der Waals surface area contributed by atoms with Crippen molar-refractivity contribution in [3.8, 4) is 0 Å². The normalized spacial score (nSPS) is 50.8. The number of hydrogen-bond donors (Lipinski definition) is 2. The van der Waals surface area contributed by atoms with Crippen molar-refractivity contribution in [1.82, 2.24) is 0 Å². The van der Waals surface area contributed by atoms with Gasteiger partial charge in [-0.05, 0) is 85.7 Å². The molecule has 1 aliphatic heterocycles. The van der Waals surface area contributed by atoms with Crippen molar-refractivity contribution >= 4 is 28.4 Å². The summed E-state index contributed by atoms with van der Waals surface area (Å²) in [6.45, 7) is 4.86. The Labute approximate surface area is 195 Å². The van der Waals surface area contributed by atoms with E-state index in [0.29, 0.717) is 23.0 Å². The summed E-state index contributed by atoms with van der Waals surface area (Å²) in [7, 11) is 0. The van der Waals surface area contributed by atoms with Crippen molar-refractivity contribution in [3.05, 3.63) is 34.9 Å². The summed E-state index contributed by atoms with van der Waals surface area (Å²) in [5, 5.41) is 23.9. The molecule has 1 aromatic rings. The van der Waals surface area contributed by atoms with Crippen molar-refractivity contribution in [2.45, 2.75) is 88.2 Å². The van der Waals surface area contributed by atoms with Gasteiger partial charge in [-0.1, -0.05) is 37.6 Å². The second-order valence-electron chi connectivity index (χ2n) is 11.5.